The molecule has 1 aromatic rings. The Morgan fingerprint density at radius 1 is 1.29 bits per heavy atom. The van der Waals surface area contributed by atoms with Crippen molar-refractivity contribution in [1.82, 2.24) is 19.4 Å². The summed E-state index contributed by atoms with van der Waals surface area (Å²) in [6, 6.07) is 1.40. The van der Waals surface area contributed by atoms with E-state index in [2.05, 4.69) is 10.2 Å². The number of nitrogens with zero attached hydrogens (tertiary/aromatic N) is 3. The molecule has 0 radical (unpaired) electrons. The minimum atomic E-state index is -0.271. The first kappa shape index (κ1) is 13.7. The highest BCUT2D eigenvalue weighted by Crippen LogP contribution is 1.75. The first-order valence-electron chi connectivity index (χ1n) is 5.64. The summed E-state index contributed by atoms with van der Waals surface area (Å²) in [6.07, 6.45) is 1.49. The molecule has 1 aromatic heterocycles. The summed E-state index contributed by atoms with van der Waals surface area (Å²) in [6.45, 7) is 2.80. The third-order valence-corrected chi connectivity index (χ3v) is 2.49. The molecule has 0 aromatic carbocycles. The Hall–Kier alpha value is -1.40. The van der Waals surface area contributed by atoms with Gasteiger partial charge < -0.3 is 14.8 Å². The predicted molar refractivity (Wildman–Crippen MR) is 67.4 cm³/mol. The zero-order chi connectivity index (χ0) is 12.8. The van der Waals surface area contributed by atoms with E-state index in [1.165, 1.54) is 21.4 Å². The van der Waals surface area contributed by atoms with E-state index in [0.29, 0.717) is 13.1 Å². The van der Waals surface area contributed by atoms with Crippen molar-refractivity contribution >= 4 is 0 Å². The van der Waals surface area contributed by atoms with Gasteiger partial charge in [-0.3, -0.25) is 9.36 Å². The standard InChI is InChI=1S/C11H20N4O2/c1-13(2)8-5-12-6-9-15-10(16)4-7-14(3)11(15)17/h4,7,12H,5-6,8-9H2,1-3H3. The monoisotopic (exact) mass is 240 g/mol. The molecule has 6 heteroatoms. The quantitative estimate of drug-likeness (QED) is 0.628. The maximum absolute atomic E-state index is 11.7. The lowest BCUT2D eigenvalue weighted by Crippen LogP contribution is -2.40. The summed E-state index contributed by atoms with van der Waals surface area (Å²) in [5.74, 6) is 0. The SMILES string of the molecule is CN(C)CCNCCn1c(=O)ccn(C)c1=O. The predicted octanol–water partition coefficient (Wildman–Crippen LogP) is -1.30. The Morgan fingerprint density at radius 3 is 2.65 bits per heavy atom. The molecule has 0 aliphatic rings. The van der Waals surface area contributed by atoms with E-state index in [-0.39, 0.29) is 11.2 Å². The fraction of sp³-hybridized carbons (Fsp3) is 0.636. The fourth-order valence-corrected chi connectivity index (χ4v) is 1.44. The van der Waals surface area contributed by atoms with Crippen molar-refractivity contribution in [3.05, 3.63) is 33.1 Å². The maximum atomic E-state index is 11.7. The highest BCUT2D eigenvalue weighted by Gasteiger charge is 2.01. The average Bonchev–Trinajstić information content (AvgIpc) is 2.27. The summed E-state index contributed by atoms with van der Waals surface area (Å²) in [7, 11) is 5.63. The van der Waals surface area contributed by atoms with E-state index in [1.807, 2.05) is 14.1 Å². The minimum absolute atomic E-state index is 0.248. The summed E-state index contributed by atoms with van der Waals surface area (Å²) in [5, 5.41) is 3.19. The van der Waals surface area contributed by atoms with Gasteiger partial charge in [0, 0.05) is 45.5 Å². The van der Waals surface area contributed by atoms with Crippen molar-refractivity contribution < 1.29 is 0 Å². The van der Waals surface area contributed by atoms with E-state index in [9.17, 15) is 9.59 Å². The molecular weight excluding hydrogens is 220 g/mol. The van der Waals surface area contributed by atoms with Crippen LogP contribution in [-0.2, 0) is 13.6 Å². The van der Waals surface area contributed by atoms with Crippen LogP contribution in [0.25, 0.3) is 0 Å². The average molecular weight is 240 g/mol. The number of hydrogen-bond acceptors (Lipinski definition) is 4. The van der Waals surface area contributed by atoms with Gasteiger partial charge in [0.2, 0.25) is 0 Å². The van der Waals surface area contributed by atoms with Crippen LogP contribution in [0.1, 0.15) is 0 Å². The first-order valence-corrected chi connectivity index (χ1v) is 5.64. The Kier molecular flexibility index (Phi) is 5.11. The van der Waals surface area contributed by atoms with Crippen molar-refractivity contribution in [2.75, 3.05) is 33.7 Å². The number of nitrogens with one attached hydrogen (secondary N) is 1. The third-order valence-electron chi connectivity index (χ3n) is 2.49. The second kappa shape index (κ2) is 6.36. The Bertz CT molecular complexity index is 461. The van der Waals surface area contributed by atoms with Gasteiger partial charge in [-0.1, -0.05) is 0 Å². The number of aryl methyl sites for hydroxylation is 1. The van der Waals surface area contributed by atoms with Gasteiger partial charge in [-0.15, -0.1) is 0 Å². The molecule has 96 valence electrons. The molecule has 0 aliphatic heterocycles. The molecule has 6 nitrogen and oxygen atoms in total. The van der Waals surface area contributed by atoms with Crippen molar-refractivity contribution in [3.8, 4) is 0 Å². The van der Waals surface area contributed by atoms with Gasteiger partial charge in [-0.25, -0.2) is 4.79 Å². The van der Waals surface area contributed by atoms with Crippen LogP contribution in [-0.4, -0.2) is 47.8 Å². The van der Waals surface area contributed by atoms with E-state index in [0.717, 1.165) is 13.1 Å². The molecule has 1 rings (SSSR count). The van der Waals surface area contributed by atoms with Crippen molar-refractivity contribution in [1.29, 1.82) is 0 Å². The van der Waals surface area contributed by atoms with Gasteiger partial charge in [0.15, 0.2) is 0 Å². The second-order valence-corrected chi connectivity index (χ2v) is 4.25. The topological polar surface area (TPSA) is 59.3 Å². The zero-order valence-electron chi connectivity index (χ0n) is 10.6. The minimum Gasteiger partial charge on any atom is -0.314 e. The normalized spacial score (nSPS) is 11.1. The summed E-state index contributed by atoms with van der Waals surface area (Å²) in [5.41, 5.74) is -0.519. The molecular formula is C11H20N4O2. The highest BCUT2D eigenvalue weighted by molar-refractivity contribution is 4.85. The number of likely N-dealkylation sites (N-methyl/N-ethyl adjacent to an activating group) is 1. The van der Waals surface area contributed by atoms with E-state index < -0.39 is 0 Å². The largest absolute Gasteiger partial charge is 0.330 e. The van der Waals surface area contributed by atoms with Crippen LogP contribution in [0.15, 0.2) is 21.9 Å². The van der Waals surface area contributed by atoms with Crippen LogP contribution in [0.2, 0.25) is 0 Å². The highest BCUT2D eigenvalue weighted by atomic mass is 16.2. The molecule has 0 fully saturated rings. The molecule has 0 aliphatic carbocycles. The molecule has 0 saturated carbocycles. The van der Waals surface area contributed by atoms with Crippen molar-refractivity contribution in [2.45, 2.75) is 6.54 Å². The van der Waals surface area contributed by atoms with Crippen molar-refractivity contribution in [3.63, 3.8) is 0 Å². The summed E-state index contributed by atoms with van der Waals surface area (Å²) in [4.78, 5) is 25.2. The smallest absolute Gasteiger partial charge is 0.314 e. The second-order valence-electron chi connectivity index (χ2n) is 4.25. The summed E-state index contributed by atoms with van der Waals surface area (Å²) < 4.78 is 2.64. The molecule has 0 amide bonds. The molecule has 0 bridgehead atoms. The van der Waals surface area contributed by atoms with Gasteiger partial charge in [-0.05, 0) is 14.1 Å². The Balaban J connectivity index is 2.50. The molecule has 1 N–H and O–H groups in total. The lowest BCUT2D eigenvalue weighted by atomic mass is 10.5. The van der Waals surface area contributed by atoms with Crippen LogP contribution in [0.4, 0.5) is 0 Å². The van der Waals surface area contributed by atoms with E-state index in [4.69, 9.17) is 0 Å². The van der Waals surface area contributed by atoms with Gasteiger partial charge in [0.25, 0.3) is 5.56 Å². The van der Waals surface area contributed by atoms with Crippen LogP contribution < -0.4 is 16.6 Å². The molecule has 17 heavy (non-hydrogen) atoms. The molecule has 0 spiro atoms. The van der Waals surface area contributed by atoms with E-state index in [1.54, 1.807) is 7.05 Å². The van der Waals surface area contributed by atoms with Crippen LogP contribution in [0.3, 0.4) is 0 Å². The maximum Gasteiger partial charge on any atom is 0.330 e. The van der Waals surface area contributed by atoms with Gasteiger partial charge in [0.05, 0.1) is 0 Å². The van der Waals surface area contributed by atoms with Crippen LogP contribution in [0.5, 0.6) is 0 Å². The number of hydrogen-bond donors (Lipinski definition) is 1. The van der Waals surface area contributed by atoms with Crippen LogP contribution in [0, 0.1) is 0 Å². The molecule has 0 atom stereocenters. The van der Waals surface area contributed by atoms with Gasteiger partial charge in [-0.2, -0.15) is 0 Å². The number of rotatable bonds is 6. The number of aromatic nitrogens is 2. The molecule has 1 heterocycles. The van der Waals surface area contributed by atoms with Crippen molar-refractivity contribution in [2.24, 2.45) is 7.05 Å². The van der Waals surface area contributed by atoms with Gasteiger partial charge >= 0.3 is 5.69 Å². The lowest BCUT2D eigenvalue weighted by molar-refractivity contribution is 0.396. The van der Waals surface area contributed by atoms with Gasteiger partial charge in [0.1, 0.15) is 0 Å². The first-order chi connectivity index (χ1) is 8.02. The zero-order valence-corrected chi connectivity index (χ0v) is 10.6. The Labute approximate surface area is 100 Å². The fourth-order valence-electron chi connectivity index (χ4n) is 1.44. The molecule has 0 unspecified atom stereocenters. The van der Waals surface area contributed by atoms with Crippen LogP contribution >= 0.6 is 0 Å². The lowest BCUT2D eigenvalue weighted by Gasteiger charge is -2.11. The summed E-state index contributed by atoms with van der Waals surface area (Å²) >= 11 is 0. The molecule has 0 saturated heterocycles. The third kappa shape index (κ3) is 4.16. The van der Waals surface area contributed by atoms with E-state index >= 15 is 0 Å². The Morgan fingerprint density at radius 2 is 2.00 bits per heavy atom.